The molecule has 0 spiro atoms. The van der Waals surface area contributed by atoms with Gasteiger partial charge in [-0.15, -0.1) is 24.8 Å². The zero-order valence-corrected chi connectivity index (χ0v) is 14.6. The predicted molar refractivity (Wildman–Crippen MR) is 91.7 cm³/mol. The molecule has 0 aromatic heterocycles. The van der Waals surface area contributed by atoms with Gasteiger partial charge in [0.25, 0.3) is 0 Å². The van der Waals surface area contributed by atoms with Crippen molar-refractivity contribution in [2.45, 2.75) is 31.7 Å². The number of phenols is 1. The van der Waals surface area contributed by atoms with Crippen molar-refractivity contribution in [3.05, 3.63) is 29.3 Å². The van der Waals surface area contributed by atoms with E-state index in [-0.39, 0.29) is 36.4 Å². The maximum atomic E-state index is 14.3. The summed E-state index contributed by atoms with van der Waals surface area (Å²) in [7, 11) is 0. The van der Waals surface area contributed by atoms with Gasteiger partial charge in [-0.2, -0.15) is 0 Å². The van der Waals surface area contributed by atoms with E-state index in [0.717, 1.165) is 64.0 Å². The smallest absolute Gasteiger partial charge is 0.165 e. The lowest BCUT2D eigenvalue weighted by Gasteiger charge is -2.39. The number of aromatic hydroxyl groups is 1. The minimum atomic E-state index is -0.732. The van der Waals surface area contributed by atoms with Crippen LogP contribution in [-0.2, 0) is 0 Å². The largest absolute Gasteiger partial charge is 0.505 e. The first-order chi connectivity index (χ1) is 10.2. The molecule has 3 rings (SSSR count). The molecule has 0 unspecified atom stereocenters. The molecular weight excluding hydrogens is 345 g/mol. The third-order valence-electron chi connectivity index (χ3n) is 4.80. The van der Waals surface area contributed by atoms with Crippen molar-refractivity contribution >= 4 is 24.8 Å². The number of rotatable bonds is 3. The third kappa shape index (κ3) is 4.27. The highest BCUT2D eigenvalue weighted by atomic mass is 35.5. The van der Waals surface area contributed by atoms with E-state index in [1.807, 2.05) is 0 Å². The fourth-order valence-corrected chi connectivity index (χ4v) is 3.79. The highest BCUT2D eigenvalue weighted by molar-refractivity contribution is 5.85. The number of nitrogens with one attached hydrogen (secondary N) is 1. The van der Waals surface area contributed by atoms with Crippen LogP contribution in [0.5, 0.6) is 5.75 Å². The van der Waals surface area contributed by atoms with Crippen LogP contribution in [0.25, 0.3) is 0 Å². The number of hydrogen-bond donors (Lipinski definition) is 2. The summed E-state index contributed by atoms with van der Waals surface area (Å²) < 4.78 is 28.0. The summed E-state index contributed by atoms with van der Waals surface area (Å²) in [6.07, 6.45) is 4.30. The Bertz CT molecular complexity index is 507. The average molecular weight is 369 g/mol. The van der Waals surface area contributed by atoms with Crippen LogP contribution in [0.4, 0.5) is 8.78 Å². The Kier molecular flexibility index (Phi) is 8.01. The summed E-state index contributed by atoms with van der Waals surface area (Å²) in [6.45, 7) is 3.30. The Morgan fingerprint density at radius 3 is 2.22 bits per heavy atom. The molecule has 1 aliphatic heterocycles. The normalized spacial score (nSPS) is 20.6. The van der Waals surface area contributed by atoms with Crippen LogP contribution in [0.3, 0.4) is 0 Å². The van der Waals surface area contributed by atoms with E-state index in [1.165, 1.54) is 0 Å². The van der Waals surface area contributed by atoms with E-state index < -0.39 is 17.4 Å². The molecule has 7 heteroatoms. The lowest BCUT2D eigenvalue weighted by atomic mass is 9.88. The fourth-order valence-electron chi connectivity index (χ4n) is 3.79. The Morgan fingerprint density at radius 2 is 1.61 bits per heavy atom. The second kappa shape index (κ2) is 9.02. The van der Waals surface area contributed by atoms with Gasteiger partial charge in [0.15, 0.2) is 11.6 Å². The molecule has 1 atom stereocenters. The van der Waals surface area contributed by atoms with Crippen LogP contribution in [0.2, 0.25) is 0 Å². The standard InChI is InChI=1S/C16H22F2N2O.2ClH/c17-12-5-6-13(18)16(21)14(12)15(11-3-1-2-4-11)20-9-7-19-8-10-20;;/h5-6,11,15,19,21H,1-4,7-10H2;2*1H/t15-;;/m0../s1. The maximum Gasteiger partial charge on any atom is 0.165 e. The number of benzene rings is 1. The summed E-state index contributed by atoms with van der Waals surface area (Å²) in [5.41, 5.74) is 0.156. The first-order valence-corrected chi connectivity index (χ1v) is 7.80. The van der Waals surface area contributed by atoms with Crippen LogP contribution >= 0.6 is 24.8 Å². The molecule has 2 fully saturated rings. The van der Waals surface area contributed by atoms with Crippen LogP contribution in [0, 0.1) is 17.6 Å². The molecule has 1 aromatic carbocycles. The van der Waals surface area contributed by atoms with Crippen LogP contribution in [0.15, 0.2) is 12.1 Å². The molecule has 23 heavy (non-hydrogen) atoms. The van der Waals surface area contributed by atoms with Crippen molar-refractivity contribution in [1.29, 1.82) is 0 Å². The monoisotopic (exact) mass is 368 g/mol. The Labute approximate surface area is 148 Å². The quantitative estimate of drug-likeness (QED) is 0.854. The van der Waals surface area contributed by atoms with Crippen molar-refractivity contribution in [2.24, 2.45) is 5.92 Å². The predicted octanol–water partition coefficient (Wildman–Crippen LogP) is 3.65. The van der Waals surface area contributed by atoms with Gasteiger partial charge in [-0.3, -0.25) is 4.90 Å². The second-order valence-electron chi connectivity index (χ2n) is 6.07. The van der Waals surface area contributed by atoms with E-state index in [0.29, 0.717) is 5.92 Å². The van der Waals surface area contributed by atoms with E-state index in [2.05, 4.69) is 10.2 Å². The van der Waals surface area contributed by atoms with Gasteiger partial charge in [-0.05, 0) is 30.9 Å². The minimum Gasteiger partial charge on any atom is -0.505 e. The first-order valence-electron chi connectivity index (χ1n) is 7.80. The van der Waals surface area contributed by atoms with E-state index in [9.17, 15) is 13.9 Å². The Hall–Kier alpha value is -0.620. The molecule has 1 aliphatic carbocycles. The average Bonchev–Trinajstić information content (AvgIpc) is 3.02. The van der Waals surface area contributed by atoms with Crippen molar-refractivity contribution in [1.82, 2.24) is 10.2 Å². The fraction of sp³-hybridized carbons (Fsp3) is 0.625. The lowest BCUT2D eigenvalue weighted by molar-refractivity contribution is 0.119. The summed E-state index contributed by atoms with van der Waals surface area (Å²) in [5.74, 6) is -1.44. The second-order valence-corrected chi connectivity index (χ2v) is 6.07. The Balaban J connectivity index is 0.00000132. The van der Waals surface area contributed by atoms with Gasteiger partial charge < -0.3 is 10.4 Å². The van der Waals surface area contributed by atoms with Crippen LogP contribution in [-0.4, -0.2) is 36.2 Å². The van der Waals surface area contributed by atoms with Crippen molar-refractivity contribution in [3.8, 4) is 5.75 Å². The zero-order valence-electron chi connectivity index (χ0n) is 12.9. The summed E-state index contributed by atoms with van der Waals surface area (Å²) >= 11 is 0. The van der Waals surface area contributed by atoms with Crippen molar-refractivity contribution < 1.29 is 13.9 Å². The molecule has 2 aliphatic rings. The molecular formula is C16H24Cl2F2N2O. The van der Waals surface area contributed by atoms with Gasteiger partial charge in [0, 0.05) is 32.2 Å². The molecule has 1 aromatic rings. The third-order valence-corrected chi connectivity index (χ3v) is 4.80. The van der Waals surface area contributed by atoms with Gasteiger partial charge in [0.05, 0.1) is 5.56 Å². The molecule has 0 amide bonds. The van der Waals surface area contributed by atoms with E-state index in [4.69, 9.17) is 0 Å². The van der Waals surface area contributed by atoms with Gasteiger partial charge in [-0.25, -0.2) is 8.78 Å². The van der Waals surface area contributed by atoms with Gasteiger partial charge in [0.1, 0.15) is 5.82 Å². The number of piperazine rings is 1. The van der Waals surface area contributed by atoms with Crippen LogP contribution in [0.1, 0.15) is 37.3 Å². The number of halogens is 4. The maximum absolute atomic E-state index is 14.3. The van der Waals surface area contributed by atoms with Crippen molar-refractivity contribution in [3.63, 3.8) is 0 Å². The molecule has 0 bridgehead atoms. The van der Waals surface area contributed by atoms with Gasteiger partial charge in [-0.1, -0.05) is 12.8 Å². The molecule has 1 saturated carbocycles. The number of hydrogen-bond acceptors (Lipinski definition) is 3. The lowest BCUT2D eigenvalue weighted by Crippen LogP contribution is -2.47. The molecule has 1 heterocycles. The Morgan fingerprint density at radius 1 is 1.04 bits per heavy atom. The first kappa shape index (κ1) is 20.4. The minimum absolute atomic E-state index is 0. The molecule has 0 radical (unpaired) electrons. The number of phenolic OH excluding ortho intramolecular Hbond substituents is 1. The summed E-state index contributed by atoms with van der Waals surface area (Å²) in [5, 5.41) is 13.4. The van der Waals surface area contributed by atoms with Crippen LogP contribution < -0.4 is 5.32 Å². The molecule has 1 saturated heterocycles. The summed E-state index contributed by atoms with van der Waals surface area (Å²) in [4.78, 5) is 2.20. The summed E-state index contributed by atoms with van der Waals surface area (Å²) in [6, 6.07) is 1.91. The number of nitrogens with zero attached hydrogens (tertiary/aromatic N) is 1. The zero-order chi connectivity index (χ0) is 14.8. The van der Waals surface area contributed by atoms with Gasteiger partial charge in [0.2, 0.25) is 0 Å². The molecule has 132 valence electrons. The SMILES string of the molecule is Cl.Cl.Oc1c(F)ccc(F)c1[C@H](C1CCCC1)N1CCNCC1. The van der Waals surface area contributed by atoms with E-state index in [1.54, 1.807) is 0 Å². The highest BCUT2D eigenvalue weighted by Gasteiger charge is 2.36. The van der Waals surface area contributed by atoms with Gasteiger partial charge >= 0.3 is 0 Å². The van der Waals surface area contributed by atoms with E-state index >= 15 is 0 Å². The van der Waals surface area contributed by atoms with Crippen molar-refractivity contribution in [2.75, 3.05) is 26.2 Å². The highest BCUT2D eigenvalue weighted by Crippen LogP contribution is 2.44. The molecule has 2 N–H and O–H groups in total. The molecule has 3 nitrogen and oxygen atoms in total. The topological polar surface area (TPSA) is 35.5 Å².